The molecule has 20 heavy (non-hydrogen) atoms. The number of benzene rings is 1. The highest BCUT2D eigenvalue weighted by Crippen LogP contribution is 2.20. The first kappa shape index (κ1) is 15.4. The average molecular weight is 282 g/mol. The summed E-state index contributed by atoms with van der Waals surface area (Å²) in [5, 5.41) is 3.54. The number of halogens is 2. The lowest BCUT2D eigenvalue weighted by molar-refractivity contribution is 0.109. The normalized spacial score (nSPS) is 25.6. The Morgan fingerprint density at radius 1 is 1.35 bits per heavy atom. The van der Waals surface area contributed by atoms with E-state index >= 15 is 0 Å². The van der Waals surface area contributed by atoms with Gasteiger partial charge < -0.3 is 5.32 Å². The third kappa shape index (κ3) is 3.36. The molecule has 0 bridgehead atoms. The second-order valence-electron chi connectivity index (χ2n) is 5.88. The zero-order valence-electron chi connectivity index (χ0n) is 12.5. The van der Waals surface area contributed by atoms with E-state index in [1.165, 1.54) is 18.2 Å². The molecule has 3 unspecified atom stereocenters. The molecular weight excluding hydrogens is 258 g/mol. The van der Waals surface area contributed by atoms with Gasteiger partial charge in [0.05, 0.1) is 0 Å². The van der Waals surface area contributed by atoms with Crippen LogP contribution in [-0.4, -0.2) is 30.1 Å². The molecule has 0 aromatic heterocycles. The molecule has 0 radical (unpaired) electrons. The number of piperazine rings is 1. The molecule has 2 nitrogen and oxygen atoms in total. The quantitative estimate of drug-likeness (QED) is 0.912. The smallest absolute Gasteiger partial charge is 0.130 e. The summed E-state index contributed by atoms with van der Waals surface area (Å²) in [5.41, 5.74) is 0.184. The Labute approximate surface area is 120 Å². The van der Waals surface area contributed by atoms with Crippen molar-refractivity contribution in [1.82, 2.24) is 10.2 Å². The van der Waals surface area contributed by atoms with Crippen LogP contribution in [0.25, 0.3) is 0 Å². The van der Waals surface area contributed by atoms with Gasteiger partial charge in [-0.2, -0.15) is 0 Å². The van der Waals surface area contributed by atoms with Gasteiger partial charge in [-0.3, -0.25) is 4.90 Å². The van der Waals surface area contributed by atoms with Gasteiger partial charge in [0, 0.05) is 37.3 Å². The van der Waals surface area contributed by atoms with Gasteiger partial charge in [0.25, 0.3) is 0 Å². The summed E-state index contributed by atoms with van der Waals surface area (Å²) in [7, 11) is 0. The molecule has 112 valence electrons. The van der Waals surface area contributed by atoms with E-state index in [2.05, 4.69) is 31.0 Å². The van der Waals surface area contributed by atoms with E-state index in [9.17, 15) is 8.78 Å². The third-order valence-electron chi connectivity index (χ3n) is 4.48. The number of hydrogen-bond acceptors (Lipinski definition) is 2. The fraction of sp³-hybridized carbons (Fsp3) is 0.625. The Kier molecular flexibility index (Phi) is 5.11. The Morgan fingerprint density at radius 3 is 2.60 bits per heavy atom. The van der Waals surface area contributed by atoms with Crippen LogP contribution in [0, 0.1) is 17.6 Å². The highest BCUT2D eigenvalue weighted by molar-refractivity contribution is 5.19. The van der Waals surface area contributed by atoms with E-state index in [-0.39, 0.29) is 11.6 Å². The van der Waals surface area contributed by atoms with Crippen LogP contribution in [-0.2, 0) is 6.54 Å². The molecular formula is C16H24F2N2. The summed E-state index contributed by atoms with van der Waals surface area (Å²) in [5.74, 6) is -0.331. The molecule has 1 aromatic carbocycles. The number of hydrogen-bond donors (Lipinski definition) is 1. The predicted molar refractivity (Wildman–Crippen MR) is 77.5 cm³/mol. The Morgan fingerprint density at radius 2 is 2.00 bits per heavy atom. The Balaban J connectivity index is 2.10. The van der Waals surface area contributed by atoms with E-state index in [4.69, 9.17) is 0 Å². The van der Waals surface area contributed by atoms with Crippen molar-refractivity contribution in [3.63, 3.8) is 0 Å². The summed E-state index contributed by atoms with van der Waals surface area (Å²) < 4.78 is 27.5. The van der Waals surface area contributed by atoms with E-state index in [1.54, 1.807) is 0 Å². The molecule has 4 heteroatoms. The predicted octanol–water partition coefficient (Wildman–Crippen LogP) is 3.17. The largest absolute Gasteiger partial charge is 0.311 e. The minimum Gasteiger partial charge on any atom is -0.311 e. The van der Waals surface area contributed by atoms with Crippen molar-refractivity contribution in [2.45, 2.75) is 45.8 Å². The van der Waals surface area contributed by atoms with Crippen LogP contribution in [0.2, 0.25) is 0 Å². The minimum absolute atomic E-state index is 0.184. The van der Waals surface area contributed by atoms with Crippen LogP contribution in [0.5, 0.6) is 0 Å². The van der Waals surface area contributed by atoms with Gasteiger partial charge in [-0.15, -0.1) is 0 Å². The molecule has 1 N–H and O–H groups in total. The molecule has 0 amide bonds. The van der Waals surface area contributed by atoms with Gasteiger partial charge in [-0.1, -0.05) is 26.3 Å². The van der Waals surface area contributed by atoms with Crippen LogP contribution < -0.4 is 5.32 Å². The molecule has 2 rings (SSSR count). The average Bonchev–Trinajstić information content (AvgIpc) is 2.44. The molecule has 1 fully saturated rings. The van der Waals surface area contributed by atoms with E-state index in [0.717, 1.165) is 19.5 Å². The summed E-state index contributed by atoms with van der Waals surface area (Å²) in [6.45, 7) is 8.53. The summed E-state index contributed by atoms with van der Waals surface area (Å²) in [4.78, 5) is 2.18. The monoisotopic (exact) mass is 282 g/mol. The maximum atomic E-state index is 13.8. The molecule has 1 saturated heterocycles. The molecule has 0 spiro atoms. The summed E-state index contributed by atoms with van der Waals surface area (Å²) in [6.07, 6.45) is 1.11. The number of rotatable bonds is 4. The zero-order chi connectivity index (χ0) is 14.7. The van der Waals surface area contributed by atoms with Crippen molar-refractivity contribution in [2.24, 2.45) is 5.92 Å². The molecule has 1 aromatic rings. The van der Waals surface area contributed by atoms with Crippen molar-refractivity contribution >= 4 is 0 Å². The van der Waals surface area contributed by atoms with Gasteiger partial charge in [-0.05, 0) is 25.0 Å². The molecule has 1 aliphatic rings. The van der Waals surface area contributed by atoms with Crippen LogP contribution in [0.15, 0.2) is 18.2 Å². The molecule has 1 aliphatic heterocycles. The third-order valence-corrected chi connectivity index (χ3v) is 4.48. The first-order chi connectivity index (χ1) is 9.52. The van der Waals surface area contributed by atoms with Crippen molar-refractivity contribution in [3.8, 4) is 0 Å². The Hall–Kier alpha value is -1.00. The minimum atomic E-state index is -0.448. The lowest BCUT2D eigenvalue weighted by atomic mass is 9.95. The highest BCUT2D eigenvalue weighted by Gasteiger charge is 2.28. The van der Waals surface area contributed by atoms with E-state index in [0.29, 0.717) is 18.5 Å². The fourth-order valence-electron chi connectivity index (χ4n) is 2.72. The molecule has 0 saturated carbocycles. The molecule has 0 aliphatic carbocycles. The van der Waals surface area contributed by atoms with Gasteiger partial charge >= 0.3 is 0 Å². The van der Waals surface area contributed by atoms with Crippen molar-refractivity contribution < 1.29 is 8.78 Å². The molecule has 1 heterocycles. The van der Waals surface area contributed by atoms with Crippen LogP contribution in [0.3, 0.4) is 0 Å². The number of nitrogens with zero attached hydrogens (tertiary/aromatic N) is 1. The van der Waals surface area contributed by atoms with Crippen molar-refractivity contribution in [1.29, 1.82) is 0 Å². The van der Waals surface area contributed by atoms with Crippen molar-refractivity contribution in [3.05, 3.63) is 35.4 Å². The SMILES string of the molecule is CCC(C)C1CN(Cc2c(F)cccc2F)C(C)CN1. The van der Waals surface area contributed by atoms with E-state index in [1.807, 2.05) is 0 Å². The summed E-state index contributed by atoms with van der Waals surface area (Å²) in [6, 6.07) is 4.76. The highest BCUT2D eigenvalue weighted by atomic mass is 19.1. The lowest BCUT2D eigenvalue weighted by Crippen LogP contribution is -2.57. The second kappa shape index (κ2) is 6.64. The van der Waals surface area contributed by atoms with Gasteiger partial charge in [-0.25, -0.2) is 8.78 Å². The molecule has 3 atom stereocenters. The van der Waals surface area contributed by atoms with Gasteiger partial charge in [0.1, 0.15) is 11.6 Å². The standard InChI is InChI=1S/C16H24F2N2/c1-4-11(2)16-10-20(12(3)8-19-16)9-13-14(17)6-5-7-15(13)18/h5-7,11-12,16,19H,4,8-10H2,1-3H3. The van der Waals surface area contributed by atoms with Crippen LogP contribution >= 0.6 is 0 Å². The maximum absolute atomic E-state index is 13.8. The van der Waals surface area contributed by atoms with Crippen molar-refractivity contribution in [2.75, 3.05) is 13.1 Å². The number of nitrogens with one attached hydrogen (secondary N) is 1. The first-order valence-corrected chi connectivity index (χ1v) is 7.43. The topological polar surface area (TPSA) is 15.3 Å². The van der Waals surface area contributed by atoms with Gasteiger partial charge in [0.15, 0.2) is 0 Å². The van der Waals surface area contributed by atoms with Crippen LogP contribution in [0.4, 0.5) is 8.78 Å². The fourth-order valence-corrected chi connectivity index (χ4v) is 2.72. The second-order valence-corrected chi connectivity index (χ2v) is 5.88. The maximum Gasteiger partial charge on any atom is 0.130 e. The van der Waals surface area contributed by atoms with E-state index < -0.39 is 11.6 Å². The summed E-state index contributed by atoms with van der Waals surface area (Å²) >= 11 is 0. The van der Waals surface area contributed by atoms with Gasteiger partial charge in [0.2, 0.25) is 0 Å². The lowest BCUT2D eigenvalue weighted by Gasteiger charge is -2.41. The Bertz CT molecular complexity index is 430. The zero-order valence-corrected chi connectivity index (χ0v) is 12.5. The first-order valence-electron chi connectivity index (χ1n) is 7.43. The van der Waals surface area contributed by atoms with Crippen LogP contribution in [0.1, 0.15) is 32.8 Å².